The van der Waals surface area contributed by atoms with Gasteiger partial charge in [-0.2, -0.15) is 0 Å². The van der Waals surface area contributed by atoms with Gasteiger partial charge in [-0.3, -0.25) is 4.79 Å². The Balaban J connectivity index is 1.70. The van der Waals surface area contributed by atoms with Crippen molar-refractivity contribution < 1.29 is 9.53 Å². The number of fused-ring (bicyclic) bond motifs is 3. The second-order valence-electron chi connectivity index (χ2n) is 8.89. The highest BCUT2D eigenvalue weighted by Gasteiger charge is 2.41. The number of esters is 1. The van der Waals surface area contributed by atoms with Crippen LogP contribution in [-0.2, 0) is 21.6 Å². The molecule has 1 saturated carbocycles. The first-order chi connectivity index (χ1) is 13.0. The molecule has 0 spiro atoms. The molecule has 0 aromatic heterocycles. The van der Waals surface area contributed by atoms with Crippen LogP contribution in [0.2, 0.25) is 0 Å². The van der Waals surface area contributed by atoms with Gasteiger partial charge in [-0.15, -0.1) is 0 Å². The average molecular weight is 363 g/mol. The Bertz CT molecular complexity index is 856. The molecule has 0 bridgehead atoms. The molecule has 0 unspecified atom stereocenters. The molecule has 0 saturated heterocycles. The van der Waals surface area contributed by atoms with Crippen LogP contribution in [0.25, 0.3) is 11.1 Å². The molecule has 2 heteroatoms. The van der Waals surface area contributed by atoms with Crippen LogP contribution in [0.1, 0.15) is 76.0 Å². The maximum Gasteiger partial charge on any atom is 0.312 e. The summed E-state index contributed by atoms with van der Waals surface area (Å²) >= 11 is 0. The van der Waals surface area contributed by atoms with Gasteiger partial charge in [0.05, 0.1) is 5.41 Å². The Kier molecular flexibility index (Phi) is 4.61. The van der Waals surface area contributed by atoms with Crippen LogP contribution in [0.4, 0.5) is 0 Å². The molecule has 2 aliphatic carbocycles. The van der Waals surface area contributed by atoms with Crippen molar-refractivity contribution in [1.82, 2.24) is 0 Å². The fraction of sp³-hybridized carbons (Fsp3) is 0.480. The van der Waals surface area contributed by atoms with E-state index in [-0.39, 0.29) is 5.97 Å². The van der Waals surface area contributed by atoms with E-state index in [0.29, 0.717) is 0 Å². The van der Waals surface area contributed by atoms with Gasteiger partial charge in [-0.1, -0.05) is 55.8 Å². The summed E-state index contributed by atoms with van der Waals surface area (Å²) in [7, 11) is 0. The van der Waals surface area contributed by atoms with Crippen molar-refractivity contribution >= 4 is 5.97 Å². The quantitative estimate of drug-likeness (QED) is 0.502. The Hall–Kier alpha value is -2.09. The minimum absolute atomic E-state index is 0.0596. The molecule has 0 amide bonds. The lowest BCUT2D eigenvalue weighted by atomic mass is 9.78. The average Bonchev–Trinajstić information content (AvgIpc) is 3.06. The zero-order valence-electron chi connectivity index (χ0n) is 16.8. The summed E-state index contributed by atoms with van der Waals surface area (Å²) in [6.45, 7) is 6.04. The number of ether oxygens (including phenoxy) is 1. The van der Waals surface area contributed by atoms with E-state index >= 15 is 0 Å². The van der Waals surface area contributed by atoms with Crippen LogP contribution in [0.5, 0.6) is 0 Å². The van der Waals surface area contributed by atoms with Gasteiger partial charge in [0, 0.05) is 0 Å². The maximum absolute atomic E-state index is 12.9. The molecule has 0 atom stereocenters. The van der Waals surface area contributed by atoms with E-state index in [0.717, 1.165) is 38.5 Å². The van der Waals surface area contributed by atoms with Gasteiger partial charge in [-0.25, -0.2) is 0 Å². The molecule has 1 fully saturated rings. The number of rotatable bonds is 4. The number of benzene rings is 2. The van der Waals surface area contributed by atoms with Crippen LogP contribution in [0.3, 0.4) is 0 Å². The Morgan fingerprint density at radius 2 is 1.70 bits per heavy atom. The molecule has 2 aliphatic rings. The second kappa shape index (κ2) is 6.82. The van der Waals surface area contributed by atoms with E-state index in [1.54, 1.807) is 0 Å². The van der Waals surface area contributed by atoms with Crippen molar-refractivity contribution in [3.05, 3.63) is 59.2 Å². The number of hydrogen-bond acceptors (Lipinski definition) is 2. The molecular weight excluding hydrogens is 332 g/mol. The Morgan fingerprint density at radius 3 is 2.44 bits per heavy atom. The van der Waals surface area contributed by atoms with E-state index in [9.17, 15) is 4.79 Å². The lowest BCUT2D eigenvalue weighted by molar-refractivity contribution is -0.176. The molecule has 0 heterocycles. The summed E-state index contributed by atoms with van der Waals surface area (Å²) in [4.78, 5) is 12.9. The molecule has 27 heavy (non-hydrogen) atoms. The first-order valence-electron chi connectivity index (χ1n) is 10.4. The van der Waals surface area contributed by atoms with E-state index < -0.39 is 11.0 Å². The molecule has 2 nitrogen and oxygen atoms in total. The third-order valence-corrected chi connectivity index (χ3v) is 6.71. The monoisotopic (exact) mass is 362 g/mol. The standard InChI is InChI=1S/C25H30O2/c1-4-24(2,3)23(26)27-25(14-8-5-9-15-25)20-12-13-22-19(17-20)16-18-10-6-7-11-21(18)22/h6-7,10-13,17H,4-5,8-9,14-16H2,1-3H3. The van der Waals surface area contributed by atoms with Gasteiger partial charge >= 0.3 is 5.97 Å². The van der Waals surface area contributed by atoms with Crippen molar-refractivity contribution in [3.63, 3.8) is 0 Å². The molecule has 0 aliphatic heterocycles. The van der Waals surface area contributed by atoms with Crippen LogP contribution < -0.4 is 0 Å². The summed E-state index contributed by atoms with van der Waals surface area (Å²) < 4.78 is 6.32. The van der Waals surface area contributed by atoms with Crippen molar-refractivity contribution in [3.8, 4) is 11.1 Å². The van der Waals surface area contributed by atoms with Gasteiger partial charge in [0.15, 0.2) is 0 Å². The van der Waals surface area contributed by atoms with Crippen LogP contribution in [-0.4, -0.2) is 5.97 Å². The Labute approximate surface area is 162 Å². The van der Waals surface area contributed by atoms with E-state index in [1.807, 2.05) is 13.8 Å². The maximum atomic E-state index is 12.9. The zero-order chi connectivity index (χ0) is 19.1. The van der Waals surface area contributed by atoms with Gasteiger partial charge < -0.3 is 4.74 Å². The highest BCUT2D eigenvalue weighted by Crippen LogP contribution is 2.45. The number of carbonyl (C=O) groups is 1. The molecule has 0 N–H and O–H groups in total. The summed E-state index contributed by atoms with van der Waals surface area (Å²) in [6.07, 6.45) is 7.11. The first kappa shape index (κ1) is 18.3. The fourth-order valence-electron chi connectivity index (χ4n) is 4.46. The lowest BCUT2D eigenvalue weighted by Crippen LogP contribution is -2.39. The molecular formula is C25H30O2. The predicted molar refractivity (Wildman–Crippen MR) is 110 cm³/mol. The summed E-state index contributed by atoms with van der Waals surface area (Å²) in [6, 6.07) is 15.4. The molecule has 2 aromatic rings. The van der Waals surface area contributed by atoms with Gasteiger partial charge in [0.25, 0.3) is 0 Å². The number of carbonyl (C=O) groups excluding carboxylic acids is 1. The lowest BCUT2D eigenvalue weighted by Gasteiger charge is -2.39. The SMILES string of the molecule is CCC(C)(C)C(=O)OC1(c2ccc3c(c2)Cc2ccccc2-3)CCCCC1. The Morgan fingerprint density at radius 1 is 1.00 bits per heavy atom. The van der Waals surface area contributed by atoms with Crippen molar-refractivity contribution in [2.45, 2.75) is 71.3 Å². The highest BCUT2D eigenvalue weighted by atomic mass is 16.6. The molecule has 2 aromatic carbocycles. The fourth-order valence-corrected chi connectivity index (χ4v) is 4.46. The van der Waals surface area contributed by atoms with Crippen molar-refractivity contribution in [2.75, 3.05) is 0 Å². The zero-order valence-corrected chi connectivity index (χ0v) is 16.8. The van der Waals surface area contributed by atoms with E-state index in [1.165, 1.54) is 34.2 Å². The summed E-state index contributed by atoms with van der Waals surface area (Å²) in [5, 5.41) is 0. The minimum atomic E-state index is -0.453. The molecule has 0 radical (unpaired) electrons. The normalized spacial score (nSPS) is 17.9. The molecule has 142 valence electrons. The third-order valence-electron chi connectivity index (χ3n) is 6.71. The summed E-state index contributed by atoms with van der Waals surface area (Å²) in [5.74, 6) is -0.0596. The summed E-state index contributed by atoms with van der Waals surface area (Å²) in [5.41, 5.74) is 5.74. The highest BCUT2D eigenvalue weighted by molar-refractivity contribution is 5.78. The van der Waals surface area contributed by atoms with Crippen molar-refractivity contribution in [1.29, 1.82) is 0 Å². The smallest absolute Gasteiger partial charge is 0.312 e. The minimum Gasteiger partial charge on any atom is -0.454 e. The van der Waals surface area contributed by atoms with Gasteiger partial charge in [0.2, 0.25) is 0 Å². The second-order valence-corrected chi connectivity index (χ2v) is 8.89. The van der Waals surface area contributed by atoms with Crippen LogP contribution >= 0.6 is 0 Å². The van der Waals surface area contributed by atoms with E-state index in [4.69, 9.17) is 4.74 Å². The van der Waals surface area contributed by atoms with E-state index in [2.05, 4.69) is 49.4 Å². The number of hydrogen-bond donors (Lipinski definition) is 0. The van der Waals surface area contributed by atoms with Gasteiger partial charge in [0.1, 0.15) is 5.60 Å². The van der Waals surface area contributed by atoms with Crippen LogP contribution in [0, 0.1) is 5.41 Å². The van der Waals surface area contributed by atoms with Crippen LogP contribution in [0.15, 0.2) is 42.5 Å². The topological polar surface area (TPSA) is 26.3 Å². The third kappa shape index (κ3) is 3.20. The predicted octanol–water partition coefficient (Wildman–Crippen LogP) is 6.40. The first-order valence-corrected chi connectivity index (χ1v) is 10.4. The van der Waals surface area contributed by atoms with Gasteiger partial charge in [-0.05, 0) is 80.2 Å². The molecule has 4 rings (SSSR count). The van der Waals surface area contributed by atoms with Crippen molar-refractivity contribution in [2.24, 2.45) is 5.41 Å². The largest absolute Gasteiger partial charge is 0.454 e.